The molecule has 0 atom stereocenters. The first-order valence-corrected chi connectivity index (χ1v) is 11.0. The fourth-order valence-corrected chi connectivity index (χ4v) is 3.63. The van der Waals surface area contributed by atoms with Crippen molar-refractivity contribution >= 4 is 38.5 Å². The molecule has 168 valence electrons. The number of carbonyl (C=O) groups excluding carboxylic acids is 1. The van der Waals surface area contributed by atoms with E-state index in [4.69, 9.17) is 13.9 Å². The second-order valence-corrected chi connectivity index (χ2v) is 8.84. The van der Waals surface area contributed by atoms with Crippen LogP contribution in [0.1, 0.15) is 13.8 Å². The second kappa shape index (κ2) is 9.11. The lowest BCUT2D eigenvalue weighted by atomic mass is 10.0. The fourth-order valence-electron chi connectivity index (χ4n) is 3.37. The Balaban J connectivity index is 1.59. The number of benzene rings is 3. The summed E-state index contributed by atoms with van der Waals surface area (Å²) in [4.78, 5) is 25.5. The largest absolute Gasteiger partial charge is 0.496 e. The highest BCUT2D eigenvalue weighted by molar-refractivity contribution is 9.10. The summed E-state index contributed by atoms with van der Waals surface area (Å²) in [6.45, 7) is 3.38. The van der Waals surface area contributed by atoms with E-state index in [0.29, 0.717) is 33.9 Å². The second-order valence-electron chi connectivity index (χ2n) is 7.92. The maximum absolute atomic E-state index is 12.9. The van der Waals surface area contributed by atoms with Crippen LogP contribution in [-0.4, -0.2) is 18.6 Å². The maximum Gasteiger partial charge on any atom is 0.344 e. The van der Waals surface area contributed by atoms with E-state index in [0.717, 1.165) is 9.86 Å². The summed E-state index contributed by atoms with van der Waals surface area (Å²) in [5.74, 6) is 0.682. The summed E-state index contributed by atoms with van der Waals surface area (Å²) in [5, 5.41) is 3.66. The van der Waals surface area contributed by atoms with Crippen molar-refractivity contribution in [1.82, 2.24) is 0 Å². The first kappa shape index (κ1) is 22.6. The molecule has 6 nitrogen and oxygen atoms in total. The molecule has 4 aromatic rings. The molecule has 1 N–H and O–H groups in total. The van der Waals surface area contributed by atoms with Gasteiger partial charge in [-0.25, -0.2) is 4.79 Å². The van der Waals surface area contributed by atoms with Gasteiger partial charge < -0.3 is 19.2 Å². The van der Waals surface area contributed by atoms with Crippen LogP contribution in [-0.2, 0) is 4.79 Å². The van der Waals surface area contributed by atoms with Crippen molar-refractivity contribution in [3.05, 3.63) is 87.7 Å². The van der Waals surface area contributed by atoms with E-state index in [1.807, 2.05) is 30.3 Å². The Bertz CT molecular complexity index is 1380. The molecule has 0 unspecified atom stereocenters. The zero-order valence-corrected chi connectivity index (χ0v) is 19.9. The number of anilines is 1. The van der Waals surface area contributed by atoms with Crippen LogP contribution in [0.2, 0.25) is 0 Å². The van der Waals surface area contributed by atoms with Gasteiger partial charge in [0.05, 0.1) is 12.7 Å². The van der Waals surface area contributed by atoms with Crippen molar-refractivity contribution in [2.45, 2.75) is 19.4 Å². The van der Waals surface area contributed by atoms with E-state index < -0.39 is 11.2 Å². The third-order valence-electron chi connectivity index (χ3n) is 5.12. The minimum atomic E-state index is -1.13. The number of fused-ring (bicyclic) bond motifs is 1. The lowest BCUT2D eigenvalue weighted by Gasteiger charge is -2.25. The molecule has 0 spiro atoms. The first-order valence-electron chi connectivity index (χ1n) is 10.2. The van der Waals surface area contributed by atoms with Crippen molar-refractivity contribution in [2.75, 3.05) is 12.4 Å². The summed E-state index contributed by atoms with van der Waals surface area (Å²) in [6, 6.07) is 21.4. The molecule has 33 heavy (non-hydrogen) atoms. The van der Waals surface area contributed by atoms with E-state index in [2.05, 4.69) is 21.2 Å². The van der Waals surface area contributed by atoms with Crippen LogP contribution in [0.15, 0.2) is 86.5 Å². The SMILES string of the molecule is COc1cc(NC(=O)C(C)(C)Oc2ccc(Br)cc2)ccc1-c1cc2ccccc2oc1=O. The molecule has 7 heteroatoms. The van der Waals surface area contributed by atoms with Gasteiger partial charge >= 0.3 is 5.63 Å². The van der Waals surface area contributed by atoms with Gasteiger partial charge in [0.2, 0.25) is 0 Å². The average Bonchev–Trinajstić information content (AvgIpc) is 2.80. The van der Waals surface area contributed by atoms with Crippen molar-refractivity contribution in [2.24, 2.45) is 0 Å². The fraction of sp³-hybridized carbons (Fsp3) is 0.154. The Hall–Kier alpha value is -3.58. The molecule has 0 bridgehead atoms. The number of carbonyl (C=O) groups is 1. The van der Waals surface area contributed by atoms with Crippen molar-refractivity contribution < 1.29 is 18.7 Å². The van der Waals surface area contributed by atoms with Crippen LogP contribution in [0.5, 0.6) is 11.5 Å². The zero-order valence-electron chi connectivity index (χ0n) is 18.3. The molecule has 0 fully saturated rings. The Morgan fingerprint density at radius 3 is 2.42 bits per heavy atom. The monoisotopic (exact) mass is 507 g/mol. The molecule has 1 aromatic heterocycles. The Kier molecular flexibility index (Phi) is 6.24. The van der Waals surface area contributed by atoms with Gasteiger partial charge in [-0.05, 0) is 62.4 Å². The topological polar surface area (TPSA) is 77.8 Å². The average molecular weight is 508 g/mol. The summed E-state index contributed by atoms with van der Waals surface area (Å²) in [6.07, 6.45) is 0. The zero-order chi connectivity index (χ0) is 23.6. The summed E-state index contributed by atoms with van der Waals surface area (Å²) < 4.78 is 17.8. The van der Waals surface area contributed by atoms with Crippen LogP contribution >= 0.6 is 15.9 Å². The molecule has 0 aliphatic heterocycles. The number of ether oxygens (including phenoxy) is 2. The molecule has 1 amide bonds. The van der Waals surface area contributed by atoms with Crippen LogP contribution in [0.25, 0.3) is 22.1 Å². The van der Waals surface area contributed by atoms with Crippen LogP contribution < -0.4 is 20.4 Å². The van der Waals surface area contributed by atoms with Crippen molar-refractivity contribution in [3.8, 4) is 22.6 Å². The quantitative estimate of drug-likeness (QED) is 0.322. The molecule has 0 aliphatic rings. The number of methoxy groups -OCH3 is 1. The Morgan fingerprint density at radius 1 is 0.970 bits per heavy atom. The van der Waals surface area contributed by atoms with E-state index in [-0.39, 0.29) is 5.91 Å². The highest BCUT2D eigenvalue weighted by Crippen LogP contribution is 2.32. The molecular weight excluding hydrogens is 486 g/mol. The van der Waals surface area contributed by atoms with E-state index >= 15 is 0 Å². The number of para-hydroxylation sites is 1. The lowest BCUT2D eigenvalue weighted by molar-refractivity contribution is -0.128. The predicted octanol–water partition coefficient (Wildman–Crippen LogP) is 6.03. The number of rotatable bonds is 6. The molecule has 0 saturated heterocycles. The lowest BCUT2D eigenvalue weighted by Crippen LogP contribution is -2.42. The van der Waals surface area contributed by atoms with Crippen molar-refractivity contribution in [1.29, 1.82) is 0 Å². The number of nitrogens with one attached hydrogen (secondary N) is 1. The molecule has 0 saturated carbocycles. The number of halogens is 1. The van der Waals surface area contributed by atoms with Gasteiger partial charge in [-0.3, -0.25) is 4.79 Å². The van der Waals surface area contributed by atoms with Gasteiger partial charge in [0.15, 0.2) is 5.60 Å². The minimum absolute atomic E-state index is 0.328. The highest BCUT2D eigenvalue weighted by atomic mass is 79.9. The smallest absolute Gasteiger partial charge is 0.344 e. The molecule has 0 radical (unpaired) electrons. The Morgan fingerprint density at radius 2 is 1.70 bits per heavy atom. The first-order chi connectivity index (χ1) is 15.8. The van der Waals surface area contributed by atoms with Gasteiger partial charge in [0, 0.05) is 27.2 Å². The number of amides is 1. The maximum atomic E-state index is 12.9. The molecule has 0 aliphatic carbocycles. The third kappa shape index (κ3) is 4.93. The van der Waals surface area contributed by atoms with Crippen molar-refractivity contribution in [3.63, 3.8) is 0 Å². The standard InChI is InChI=1S/C26H22BrNO5/c1-26(2,33-19-11-8-17(27)9-12-19)25(30)28-18-10-13-20(23(15-18)31-3)21-14-16-6-4-5-7-22(16)32-24(21)29/h4-15H,1-3H3,(H,28,30). The normalized spacial score (nSPS) is 11.3. The van der Waals surface area contributed by atoms with E-state index in [1.54, 1.807) is 56.3 Å². The van der Waals surface area contributed by atoms with E-state index in [1.165, 1.54) is 7.11 Å². The van der Waals surface area contributed by atoms with Gasteiger partial charge in [-0.1, -0.05) is 34.1 Å². The predicted molar refractivity (Wildman–Crippen MR) is 132 cm³/mol. The Labute approximate surface area is 199 Å². The van der Waals surface area contributed by atoms with Gasteiger partial charge in [-0.2, -0.15) is 0 Å². The molecule has 3 aromatic carbocycles. The van der Waals surface area contributed by atoms with Crippen LogP contribution in [0.3, 0.4) is 0 Å². The van der Waals surface area contributed by atoms with Crippen LogP contribution in [0, 0.1) is 0 Å². The third-order valence-corrected chi connectivity index (χ3v) is 5.65. The summed E-state index contributed by atoms with van der Waals surface area (Å²) in [7, 11) is 1.51. The minimum Gasteiger partial charge on any atom is -0.496 e. The highest BCUT2D eigenvalue weighted by Gasteiger charge is 2.30. The summed E-state index contributed by atoms with van der Waals surface area (Å²) in [5.41, 5.74) is 0.384. The van der Waals surface area contributed by atoms with Gasteiger partial charge in [-0.15, -0.1) is 0 Å². The van der Waals surface area contributed by atoms with Crippen LogP contribution in [0.4, 0.5) is 5.69 Å². The van der Waals surface area contributed by atoms with E-state index in [9.17, 15) is 9.59 Å². The molecular formula is C26H22BrNO5. The molecule has 4 rings (SSSR count). The molecule has 1 heterocycles. The number of hydrogen-bond acceptors (Lipinski definition) is 5. The number of hydrogen-bond donors (Lipinski definition) is 1. The van der Waals surface area contributed by atoms with Gasteiger partial charge in [0.1, 0.15) is 17.1 Å². The summed E-state index contributed by atoms with van der Waals surface area (Å²) >= 11 is 3.38. The van der Waals surface area contributed by atoms with Gasteiger partial charge in [0.25, 0.3) is 5.91 Å².